The molecule has 2 unspecified atom stereocenters. The Kier molecular flexibility index (Phi) is 7.22. The van der Waals surface area contributed by atoms with Crippen LogP contribution in [0.2, 0.25) is 0 Å². The summed E-state index contributed by atoms with van der Waals surface area (Å²) in [6.45, 7) is 2.26. The van der Waals surface area contributed by atoms with E-state index in [1.165, 1.54) is 27.6 Å². The first-order valence-corrected chi connectivity index (χ1v) is 16.0. The van der Waals surface area contributed by atoms with E-state index >= 15 is 0 Å². The second-order valence-electron chi connectivity index (χ2n) is 8.38. The molecule has 0 saturated carbocycles. The number of aryl methyl sites for hydroxylation is 1. The average molecular weight is 619 g/mol. The van der Waals surface area contributed by atoms with Crippen LogP contribution in [0.4, 0.5) is 0 Å². The summed E-state index contributed by atoms with van der Waals surface area (Å²) in [5.41, 5.74) is 10.5. The van der Waals surface area contributed by atoms with Crippen LogP contribution in [0.25, 0.3) is 17.2 Å². The van der Waals surface area contributed by atoms with Gasteiger partial charge in [-0.05, 0) is 0 Å². The number of benzene rings is 4. The Hall–Kier alpha value is -2.22. The van der Waals surface area contributed by atoms with E-state index in [2.05, 4.69) is 110 Å². The van der Waals surface area contributed by atoms with Gasteiger partial charge in [0.15, 0.2) is 0 Å². The van der Waals surface area contributed by atoms with Gasteiger partial charge < -0.3 is 9.41 Å². The Bertz CT molecular complexity index is 1290. The van der Waals surface area contributed by atoms with Crippen LogP contribution in [-0.4, -0.2) is 0 Å². The topological polar surface area (TPSA) is 0 Å². The van der Waals surface area contributed by atoms with E-state index in [-0.39, 0.29) is 9.41 Å². The summed E-state index contributed by atoms with van der Waals surface area (Å²) in [5.74, 6) is 0. The number of hydrogen-bond donors (Lipinski definition) is 0. The van der Waals surface area contributed by atoms with E-state index in [4.69, 9.17) is 0 Å². The van der Waals surface area contributed by atoms with Gasteiger partial charge in [0, 0.05) is 0 Å². The van der Waals surface area contributed by atoms with Crippen molar-refractivity contribution in [2.75, 3.05) is 0 Å². The molecule has 0 fully saturated rings. The van der Waals surface area contributed by atoms with Gasteiger partial charge in [0.1, 0.15) is 0 Å². The largest absolute Gasteiger partial charge is 1.00 e. The SMILES string of the molecule is Cc1ccccc1PC1=Cc2ccccc2[CH]1[Hf+2][CH]1c2ccccc2-c2ccccc21.[F-].[F-]. The summed E-state index contributed by atoms with van der Waals surface area (Å²) in [5, 5.41) is 3.17. The van der Waals surface area contributed by atoms with Crippen molar-refractivity contribution < 1.29 is 32.3 Å². The number of hydrogen-bond acceptors (Lipinski definition) is 0. The molecule has 162 valence electrons. The molecule has 0 N–H and O–H groups in total. The molecule has 4 aromatic rings. The maximum atomic E-state index is 2.52. The van der Waals surface area contributed by atoms with E-state index in [0.717, 1.165) is 8.58 Å². The van der Waals surface area contributed by atoms with Crippen molar-refractivity contribution in [1.82, 2.24) is 0 Å². The van der Waals surface area contributed by atoms with Gasteiger partial charge in [-0.3, -0.25) is 0 Å². The fourth-order valence-electron chi connectivity index (χ4n) is 4.98. The monoisotopic (exact) mass is 620 g/mol. The number of fused-ring (bicyclic) bond motifs is 4. The molecule has 4 heteroatoms. The maximum Gasteiger partial charge on any atom is -1.00 e. The van der Waals surface area contributed by atoms with Crippen molar-refractivity contribution in [1.29, 1.82) is 0 Å². The zero-order chi connectivity index (χ0) is 20.8. The van der Waals surface area contributed by atoms with Crippen LogP contribution in [0.3, 0.4) is 0 Å². The molecule has 0 nitrogen and oxygen atoms in total. The van der Waals surface area contributed by atoms with Gasteiger partial charge in [-0.2, -0.15) is 0 Å². The summed E-state index contributed by atoms with van der Waals surface area (Å²) in [4.78, 5) is 0. The standard InChI is InChI=1S/C16H14P.C13H9.2FH.Hf/c1-12-6-2-5-9-16(12)17-15-10-13-7-3-4-8-14(13)11-15;1-3-7-12-10(5-1)9-11-6-2-4-8-13(11)12;;;/h2-11,17H,1H3;1-9H;2*1H;/q;;;;+2/p-2. The third-order valence-corrected chi connectivity index (χ3v) is 16.0. The molecule has 0 radical (unpaired) electrons. The third-order valence-electron chi connectivity index (χ3n) is 6.52. The summed E-state index contributed by atoms with van der Waals surface area (Å²) in [6.07, 6.45) is 2.52. The molecular formula is C29H23F2HfP. The Morgan fingerprint density at radius 3 is 1.82 bits per heavy atom. The number of halogens is 2. The first-order valence-electron chi connectivity index (χ1n) is 10.9. The van der Waals surface area contributed by atoms with Crippen molar-refractivity contribution >= 4 is 20.0 Å². The fraction of sp³-hybridized carbons (Fsp3) is 0.103. The molecule has 0 aliphatic heterocycles. The Balaban J connectivity index is 0.00000130. The van der Waals surface area contributed by atoms with Gasteiger partial charge in [-0.25, -0.2) is 0 Å². The molecule has 6 rings (SSSR count). The predicted octanol–water partition coefficient (Wildman–Crippen LogP) is 1.26. The second kappa shape index (κ2) is 9.95. The van der Waals surface area contributed by atoms with E-state index in [1.54, 1.807) is 22.0 Å². The first kappa shape index (κ1) is 23.9. The van der Waals surface area contributed by atoms with Crippen LogP contribution in [0.1, 0.15) is 35.2 Å². The van der Waals surface area contributed by atoms with Gasteiger partial charge in [-0.1, -0.05) is 0 Å². The molecule has 2 aliphatic rings. The van der Waals surface area contributed by atoms with Gasteiger partial charge >= 0.3 is 198 Å². The molecule has 0 spiro atoms. The summed E-state index contributed by atoms with van der Waals surface area (Å²) in [7, 11) is 0.772. The summed E-state index contributed by atoms with van der Waals surface area (Å²) in [6, 6.07) is 36.4. The Morgan fingerprint density at radius 2 is 1.15 bits per heavy atom. The van der Waals surface area contributed by atoms with Crippen LogP contribution in [-0.2, 0) is 22.9 Å². The Morgan fingerprint density at radius 1 is 0.606 bits per heavy atom. The normalized spacial score (nSPS) is 15.7. The van der Waals surface area contributed by atoms with Gasteiger partial charge in [-0.15, -0.1) is 0 Å². The van der Waals surface area contributed by atoms with Crippen molar-refractivity contribution in [3.63, 3.8) is 0 Å². The first-order chi connectivity index (χ1) is 15.3. The minimum Gasteiger partial charge on any atom is -1.00 e. The third kappa shape index (κ3) is 4.22. The van der Waals surface area contributed by atoms with E-state index in [1.807, 2.05) is 0 Å². The van der Waals surface area contributed by atoms with Crippen LogP contribution >= 0.6 is 8.58 Å². The zero-order valence-electron chi connectivity index (χ0n) is 18.2. The number of allylic oxidation sites excluding steroid dienone is 1. The molecule has 0 heterocycles. The average Bonchev–Trinajstić information content (AvgIpc) is 3.32. The molecule has 33 heavy (non-hydrogen) atoms. The summed E-state index contributed by atoms with van der Waals surface area (Å²) >= 11 is -1.15. The predicted molar refractivity (Wildman–Crippen MR) is 130 cm³/mol. The number of rotatable bonds is 4. The minimum atomic E-state index is -1.15. The van der Waals surface area contributed by atoms with Crippen LogP contribution in [0.15, 0.2) is 102 Å². The smallest absolute Gasteiger partial charge is 1.00 e. The van der Waals surface area contributed by atoms with Crippen molar-refractivity contribution in [3.8, 4) is 11.1 Å². The van der Waals surface area contributed by atoms with Crippen molar-refractivity contribution in [2.45, 2.75) is 14.3 Å². The van der Waals surface area contributed by atoms with Crippen molar-refractivity contribution in [2.24, 2.45) is 0 Å². The Labute approximate surface area is 207 Å². The van der Waals surface area contributed by atoms with E-state index < -0.39 is 22.9 Å². The van der Waals surface area contributed by atoms with Crippen molar-refractivity contribution in [3.05, 3.63) is 130 Å². The quantitative estimate of drug-likeness (QED) is 0.239. The molecule has 0 aromatic heterocycles. The second-order valence-corrected chi connectivity index (χ2v) is 15.1. The molecular weight excluding hydrogens is 596 g/mol. The van der Waals surface area contributed by atoms with Gasteiger partial charge in [0.2, 0.25) is 0 Å². The minimum absolute atomic E-state index is 0. The molecule has 0 saturated heterocycles. The molecule has 4 aromatic carbocycles. The fourth-order valence-corrected chi connectivity index (χ4v) is 14.6. The van der Waals surface area contributed by atoms with E-state index in [0.29, 0.717) is 7.35 Å². The zero-order valence-corrected chi connectivity index (χ0v) is 22.8. The van der Waals surface area contributed by atoms with Crippen LogP contribution < -0.4 is 14.7 Å². The van der Waals surface area contributed by atoms with Crippen LogP contribution in [0, 0.1) is 6.92 Å². The molecule has 2 atom stereocenters. The molecule has 2 aliphatic carbocycles. The van der Waals surface area contributed by atoms with Gasteiger partial charge in [0.05, 0.1) is 0 Å². The maximum absolute atomic E-state index is 2.52. The molecule has 0 bridgehead atoms. The summed E-state index contributed by atoms with van der Waals surface area (Å²) < 4.78 is 1.31. The van der Waals surface area contributed by atoms with Gasteiger partial charge in [0.25, 0.3) is 0 Å². The van der Waals surface area contributed by atoms with Crippen LogP contribution in [0.5, 0.6) is 0 Å². The molecule has 0 amide bonds. The van der Waals surface area contributed by atoms with E-state index in [9.17, 15) is 0 Å².